The first-order valence-electron chi connectivity index (χ1n) is 5.74. The Hall–Kier alpha value is -1.39. The number of benzene rings is 1. The van der Waals surface area contributed by atoms with E-state index in [9.17, 15) is 10.4 Å². The van der Waals surface area contributed by atoms with Crippen LogP contribution in [0.3, 0.4) is 0 Å². The normalized spacial score (nSPS) is 24.4. The topological polar surface area (TPSA) is 49.5 Å². The number of rotatable bonds is 1. The van der Waals surface area contributed by atoms with E-state index < -0.39 is 11.7 Å². The molecule has 17 heavy (non-hydrogen) atoms. The smallest absolute Gasteiger partial charge is 0.238 e. The van der Waals surface area contributed by atoms with Gasteiger partial charge in [0.25, 0.3) is 0 Å². The molecule has 0 aliphatic carbocycles. The summed E-state index contributed by atoms with van der Waals surface area (Å²) in [6, 6.07) is 7.78. The standard InChI is InChI=1S/C13H18N2O2/c1-9-5-7-11(8-6-9)12-13(3,4)15(17)10(2)14(12)16/h5-8,10,17H,1-4H3. The van der Waals surface area contributed by atoms with Crippen LogP contribution in [0.1, 0.15) is 31.9 Å². The third-order valence-electron chi connectivity index (χ3n) is 3.39. The van der Waals surface area contributed by atoms with E-state index in [0.717, 1.165) is 20.9 Å². The first-order valence-corrected chi connectivity index (χ1v) is 5.74. The van der Waals surface area contributed by atoms with Crippen molar-refractivity contribution in [1.29, 1.82) is 0 Å². The third-order valence-corrected chi connectivity index (χ3v) is 3.39. The zero-order chi connectivity index (χ0) is 12.8. The molecule has 2 rings (SSSR count). The molecule has 0 fully saturated rings. The second-order valence-electron chi connectivity index (χ2n) is 5.08. The Labute approximate surface area is 101 Å². The maximum Gasteiger partial charge on any atom is 0.238 e. The fraction of sp³-hybridized carbons (Fsp3) is 0.462. The molecule has 1 aromatic carbocycles. The van der Waals surface area contributed by atoms with Gasteiger partial charge in [-0.15, -0.1) is 5.06 Å². The maximum atomic E-state index is 12.1. The van der Waals surface area contributed by atoms with Gasteiger partial charge in [0.05, 0.1) is 0 Å². The Kier molecular flexibility index (Phi) is 2.72. The number of hydroxylamine groups is 3. The minimum Gasteiger partial charge on any atom is -0.622 e. The fourth-order valence-electron chi connectivity index (χ4n) is 2.32. The highest BCUT2D eigenvalue weighted by Gasteiger charge is 2.49. The van der Waals surface area contributed by atoms with Crippen LogP contribution in [-0.2, 0) is 0 Å². The first-order chi connectivity index (χ1) is 7.85. The van der Waals surface area contributed by atoms with Gasteiger partial charge in [-0.05, 0) is 32.9 Å². The van der Waals surface area contributed by atoms with Crippen molar-refractivity contribution in [1.82, 2.24) is 5.06 Å². The Bertz CT molecular complexity index is 463. The van der Waals surface area contributed by atoms with Gasteiger partial charge in [-0.2, -0.15) is 4.74 Å². The lowest BCUT2D eigenvalue weighted by atomic mass is 9.92. The molecule has 0 saturated carbocycles. The van der Waals surface area contributed by atoms with Crippen LogP contribution in [0.15, 0.2) is 24.3 Å². The van der Waals surface area contributed by atoms with Crippen molar-refractivity contribution in [2.24, 2.45) is 0 Å². The van der Waals surface area contributed by atoms with E-state index in [0.29, 0.717) is 5.71 Å². The van der Waals surface area contributed by atoms with Crippen molar-refractivity contribution in [3.05, 3.63) is 40.6 Å². The number of hydrogen-bond acceptors (Lipinski definition) is 3. The molecule has 1 unspecified atom stereocenters. The molecular weight excluding hydrogens is 216 g/mol. The van der Waals surface area contributed by atoms with E-state index in [1.165, 1.54) is 0 Å². The zero-order valence-electron chi connectivity index (χ0n) is 10.6. The predicted octanol–water partition coefficient (Wildman–Crippen LogP) is 2.12. The van der Waals surface area contributed by atoms with Crippen LogP contribution in [0.2, 0.25) is 0 Å². The van der Waals surface area contributed by atoms with Crippen LogP contribution in [0.4, 0.5) is 0 Å². The zero-order valence-corrected chi connectivity index (χ0v) is 10.6. The number of aryl methyl sites for hydroxylation is 1. The van der Waals surface area contributed by atoms with Crippen molar-refractivity contribution in [2.75, 3.05) is 0 Å². The first kappa shape index (κ1) is 12.1. The highest BCUT2D eigenvalue weighted by atomic mass is 16.5. The highest BCUT2D eigenvalue weighted by Crippen LogP contribution is 2.28. The molecule has 1 N–H and O–H groups in total. The van der Waals surface area contributed by atoms with Crippen molar-refractivity contribution in [3.63, 3.8) is 0 Å². The number of hydrogen-bond donors (Lipinski definition) is 1. The van der Waals surface area contributed by atoms with Gasteiger partial charge in [0.15, 0.2) is 0 Å². The molecule has 4 nitrogen and oxygen atoms in total. The molecule has 0 aromatic heterocycles. The second kappa shape index (κ2) is 3.82. The molecule has 0 amide bonds. The summed E-state index contributed by atoms with van der Waals surface area (Å²) in [5, 5.41) is 23.2. The van der Waals surface area contributed by atoms with E-state index in [2.05, 4.69) is 0 Å². The van der Waals surface area contributed by atoms with Crippen LogP contribution in [0.5, 0.6) is 0 Å². The van der Waals surface area contributed by atoms with Gasteiger partial charge >= 0.3 is 0 Å². The third kappa shape index (κ3) is 1.73. The maximum absolute atomic E-state index is 12.1. The molecule has 4 heteroatoms. The summed E-state index contributed by atoms with van der Waals surface area (Å²) < 4.78 is 0.880. The van der Waals surface area contributed by atoms with Gasteiger partial charge in [-0.1, -0.05) is 17.7 Å². The van der Waals surface area contributed by atoms with Crippen LogP contribution >= 0.6 is 0 Å². The lowest BCUT2D eigenvalue weighted by molar-refractivity contribution is -0.531. The van der Waals surface area contributed by atoms with E-state index in [1.807, 2.05) is 45.0 Å². The van der Waals surface area contributed by atoms with Crippen LogP contribution < -0.4 is 0 Å². The quantitative estimate of drug-likeness (QED) is 0.598. The van der Waals surface area contributed by atoms with Gasteiger partial charge in [-0.25, -0.2) is 0 Å². The second-order valence-corrected chi connectivity index (χ2v) is 5.08. The Morgan fingerprint density at radius 2 is 1.82 bits per heavy atom. The lowest BCUT2D eigenvalue weighted by Crippen LogP contribution is -2.45. The Morgan fingerprint density at radius 1 is 1.29 bits per heavy atom. The monoisotopic (exact) mass is 234 g/mol. The van der Waals surface area contributed by atoms with Crippen molar-refractivity contribution < 1.29 is 9.95 Å². The molecule has 1 aliphatic heterocycles. The van der Waals surface area contributed by atoms with Crippen LogP contribution in [-0.4, -0.2) is 32.4 Å². The van der Waals surface area contributed by atoms with Crippen LogP contribution in [0.25, 0.3) is 0 Å². The average Bonchev–Trinajstić information content (AvgIpc) is 2.42. The summed E-state index contributed by atoms with van der Waals surface area (Å²) in [6.45, 7) is 7.38. The average molecular weight is 234 g/mol. The predicted molar refractivity (Wildman–Crippen MR) is 66.1 cm³/mol. The molecule has 0 saturated heterocycles. The molecule has 92 valence electrons. The molecular formula is C13H18N2O2. The van der Waals surface area contributed by atoms with E-state index in [-0.39, 0.29) is 0 Å². The summed E-state index contributed by atoms with van der Waals surface area (Å²) in [6.07, 6.45) is -0.554. The highest BCUT2D eigenvalue weighted by molar-refractivity contribution is 6.04. The molecule has 0 bridgehead atoms. The minimum atomic E-state index is -0.670. The van der Waals surface area contributed by atoms with Gasteiger partial charge in [-0.3, -0.25) is 0 Å². The lowest BCUT2D eigenvalue weighted by Gasteiger charge is -2.24. The largest absolute Gasteiger partial charge is 0.622 e. The van der Waals surface area contributed by atoms with Gasteiger partial charge in [0.1, 0.15) is 5.54 Å². The molecule has 0 radical (unpaired) electrons. The fourth-order valence-corrected chi connectivity index (χ4v) is 2.32. The summed E-state index contributed by atoms with van der Waals surface area (Å²) in [5.41, 5.74) is 1.94. The summed E-state index contributed by atoms with van der Waals surface area (Å²) in [4.78, 5) is 0. The van der Waals surface area contributed by atoms with Gasteiger partial charge in [0.2, 0.25) is 11.9 Å². The molecule has 0 spiro atoms. The Morgan fingerprint density at radius 3 is 2.24 bits per heavy atom. The van der Waals surface area contributed by atoms with Crippen molar-refractivity contribution in [2.45, 2.75) is 39.4 Å². The molecule has 1 heterocycles. The summed E-state index contributed by atoms with van der Waals surface area (Å²) in [7, 11) is 0. The number of nitrogens with zero attached hydrogens (tertiary/aromatic N) is 2. The summed E-state index contributed by atoms with van der Waals surface area (Å²) >= 11 is 0. The van der Waals surface area contributed by atoms with Crippen molar-refractivity contribution >= 4 is 5.71 Å². The van der Waals surface area contributed by atoms with Crippen molar-refractivity contribution in [3.8, 4) is 0 Å². The van der Waals surface area contributed by atoms with Gasteiger partial charge in [0, 0.05) is 12.5 Å². The SMILES string of the molecule is Cc1ccc(C2=[N+]([O-])C(C)N(O)C2(C)C)cc1. The van der Waals surface area contributed by atoms with Gasteiger partial charge < -0.3 is 10.4 Å². The minimum absolute atomic E-state index is 0.554. The van der Waals surface area contributed by atoms with Crippen LogP contribution in [0, 0.1) is 12.1 Å². The van der Waals surface area contributed by atoms with E-state index in [1.54, 1.807) is 6.92 Å². The van der Waals surface area contributed by atoms with E-state index >= 15 is 0 Å². The summed E-state index contributed by atoms with van der Waals surface area (Å²) in [5.74, 6) is 0. The molecule has 1 aliphatic rings. The molecule has 1 aromatic rings. The van der Waals surface area contributed by atoms with E-state index in [4.69, 9.17) is 0 Å². The Balaban J connectivity index is 2.53. The molecule has 1 atom stereocenters.